The maximum atomic E-state index is 12.3. The summed E-state index contributed by atoms with van der Waals surface area (Å²) in [5.74, 6) is 0.687. The van der Waals surface area contributed by atoms with Gasteiger partial charge in [0.1, 0.15) is 5.75 Å². The lowest BCUT2D eigenvalue weighted by molar-refractivity contribution is -0.116. The monoisotopic (exact) mass is 467 g/mol. The molecule has 0 radical (unpaired) electrons. The summed E-state index contributed by atoms with van der Waals surface area (Å²) in [6.45, 7) is 2.92. The molecule has 1 N–H and O–H groups in total. The third kappa shape index (κ3) is 7.08. The zero-order chi connectivity index (χ0) is 24.3. The number of ether oxygens (including phenoxy) is 1. The van der Waals surface area contributed by atoms with E-state index in [1.807, 2.05) is 83.9 Å². The minimum atomic E-state index is 0.0324. The number of para-hydroxylation sites is 1. The Balaban J connectivity index is 1.24. The normalized spacial score (nSPS) is 13.7. The number of amides is 1. The molecular weight excluding hydrogens is 438 g/mol. The van der Waals surface area contributed by atoms with Gasteiger partial charge in [0.2, 0.25) is 12.1 Å². The zero-order valence-electron chi connectivity index (χ0n) is 19.6. The molecule has 3 aromatic carbocycles. The van der Waals surface area contributed by atoms with Gasteiger partial charge in [-0.1, -0.05) is 48.5 Å². The third-order valence-electron chi connectivity index (χ3n) is 5.88. The van der Waals surface area contributed by atoms with E-state index in [2.05, 4.69) is 27.3 Å². The van der Waals surface area contributed by atoms with Crippen LogP contribution in [0.1, 0.15) is 18.4 Å². The SMILES string of the molecule is N#C/N=C(\Oc1ccccc1)N1CCN(c2ccc(NC(=O)CCCc3ccccc3)cc2)CC1. The van der Waals surface area contributed by atoms with Gasteiger partial charge in [0.25, 0.3) is 0 Å². The number of rotatable bonds is 7. The number of anilines is 2. The van der Waals surface area contributed by atoms with E-state index in [4.69, 9.17) is 10.00 Å². The van der Waals surface area contributed by atoms with Crippen molar-refractivity contribution in [3.8, 4) is 11.9 Å². The van der Waals surface area contributed by atoms with Crippen molar-refractivity contribution in [2.24, 2.45) is 4.99 Å². The van der Waals surface area contributed by atoms with Crippen LogP contribution in [0.5, 0.6) is 5.75 Å². The average Bonchev–Trinajstić information content (AvgIpc) is 2.90. The van der Waals surface area contributed by atoms with Crippen molar-refractivity contribution in [1.82, 2.24) is 4.90 Å². The molecule has 1 heterocycles. The van der Waals surface area contributed by atoms with Gasteiger partial charge < -0.3 is 19.9 Å². The smallest absolute Gasteiger partial charge is 0.308 e. The predicted molar refractivity (Wildman–Crippen MR) is 138 cm³/mol. The zero-order valence-corrected chi connectivity index (χ0v) is 19.6. The molecule has 0 aliphatic carbocycles. The fraction of sp³-hybridized carbons (Fsp3) is 0.250. The predicted octanol–water partition coefficient (Wildman–Crippen LogP) is 4.69. The van der Waals surface area contributed by atoms with Crippen LogP contribution in [0.25, 0.3) is 0 Å². The van der Waals surface area contributed by atoms with E-state index in [-0.39, 0.29) is 5.91 Å². The second-order valence-electron chi connectivity index (χ2n) is 8.32. The van der Waals surface area contributed by atoms with Gasteiger partial charge in [-0.3, -0.25) is 4.79 Å². The molecule has 0 atom stereocenters. The highest BCUT2D eigenvalue weighted by molar-refractivity contribution is 5.90. The lowest BCUT2D eigenvalue weighted by atomic mass is 10.1. The Bertz CT molecular complexity index is 1150. The van der Waals surface area contributed by atoms with E-state index in [0.29, 0.717) is 31.3 Å². The standard InChI is InChI=1S/C28H29N5O2/c29-22-30-28(35-26-11-5-2-6-12-26)33-20-18-32(19-21-33)25-16-14-24(15-17-25)31-27(34)13-7-10-23-8-3-1-4-9-23/h1-6,8-9,11-12,14-17H,7,10,13,18-21H2,(H,31,34)/b30-28-. The highest BCUT2D eigenvalue weighted by atomic mass is 16.5. The number of aliphatic imine (C=N–C) groups is 1. The lowest BCUT2D eigenvalue weighted by Crippen LogP contribution is -2.50. The molecule has 178 valence electrons. The van der Waals surface area contributed by atoms with Gasteiger partial charge in [0, 0.05) is 44.0 Å². The summed E-state index contributed by atoms with van der Waals surface area (Å²) >= 11 is 0. The molecule has 35 heavy (non-hydrogen) atoms. The summed E-state index contributed by atoms with van der Waals surface area (Å²) in [6.07, 6.45) is 4.06. The van der Waals surface area contributed by atoms with Crippen molar-refractivity contribution in [1.29, 1.82) is 5.26 Å². The van der Waals surface area contributed by atoms with Crippen LogP contribution in [-0.4, -0.2) is 43.0 Å². The van der Waals surface area contributed by atoms with Crippen molar-refractivity contribution in [3.63, 3.8) is 0 Å². The fourth-order valence-electron chi connectivity index (χ4n) is 4.03. The van der Waals surface area contributed by atoms with Crippen LogP contribution in [0.15, 0.2) is 89.9 Å². The maximum absolute atomic E-state index is 12.3. The van der Waals surface area contributed by atoms with Crippen molar-refractivity contribution in [2.45, 2.75) is 19.3 Å². The Hall–Kier alpha value is -4.31. The van der Waals surface area contributed by atoms with Crippen LogP contribution in [0.4, 0.5) is 11.4 Å². The molecule has 4 rings (SSSR count). The number of piperazine rings is 1. The molecule has 1 aliphatic rings. The number of amidine groups is 1. The number of nitrogens with zero attached hydrogens (tertiary/aromatic N) is 4. The molecule has 3 aromatic rings. The molecule has 1 aliphatic heterocycles. The Morgan fingerprint density at radius 1 is 0.914 bits per heavy atom. The molecule has 0 saturated carbocycles. The molecule has 0 unspecified atom stereocenters. The van der Waals surface area contributed by atoms with Gasteiger partial charge in [-0.2, -0.15) is 5.26 Å². The molecule has 7 heteroatoms. The number of carbonyl (C=O) groups excluding carboxylic acids is 1. The summed E-state index contributed by atoms with van der Waals surface area (Å²) in [5, 5.41) is 12.1. The number of nitriles is 1. The van der Waals surface area contributed by atoms with Gasteiger partial charge >= 0.3 is 6.02 Å². The summed E-state index contributed by atoms with van der Waals surface area (Å²) < 4.78 is 5.84. The van der Waals surface area contributed by atoms with E-state index in [1.165, 1.54) is 5.56 Å². The largest absolute Gasteiger partial charge is 0.425 e. The van der Waals surface area contributed by atoms with Gasteiger partial charge in [-0.25, -0.2) is 0 Å². The van der Waals surface area contributed by atoms with Gasteiger partial charge in [-0.15, -0.1) is 4.99 Å². The number of nitrogens with one attached hydrogen (secondary N) is 1. The van der Waals surface area contributed by atoms with E-state index in [0.717, 1.165) is 37.3 Å². The molecular formula is C28H29N5O2. The van der Waals surface area contributed by atoms with Crippen LogP contribution >= 0.6 is 0 Å². The van der Waals surface area contributed by atoms with Gasteiger partial charge in [0.15, 0.2) is 0 Å². The molecule has 0 spiro atoms. The number of benzene rings is 3. The molecule has 0 aromatic heterocycles. The quantitative estimate of drug-likeness (QED) is 0.310. The van der Waals surface area contributed by atoms with Gasteiger partial charge in [0.05, 0.1) is 0 Å². The first-order valence-electron chi connectivity index (χ1n) is 11.8. The fourth-order valence-corrected chi connectivity index (χ4v) is 4.03. The highest BCUT2D eigenvalue weighted by Gasteiger charge is 2.22. The van der Waals surface area contributed by atoms with Gasteiger partial charge in [-0.05, 0) is 54.8 Å². The molecule has 0 bridgehead atoms. The van der Waals surface area contributed by atoms with E-state index < -0.39 is 0 Å². The van der Waals surface area contributed by atoms with Crippen LogP contribution in [0, 0.1) is 11.5 Å². The Kier molecular flexibility index (Phi) is 8.33. The Morgan fingerprint density at radius 3 is 2.23 bits per heavy atom. The summed E-state index contributed by atoms with van der Waals surface area (Å²) in [5.41, 5.74) is 3.15. The number of carbonyl (C=O) groups is 1. The Morgan fingerprint density at radius 2 is 1.57 bits per heavy atom. The summed E-state index contributed by atoms with van der Waals surface area (Å²) in [7, 11) is 0. The maximum Gasteiger partial charge on any atom is 0.308 e. The van der Waals surface area contributed by atoms with Crippen molar-refractivity contribution in [3.05, 3.63) is 90.5 Å². The second-order valence-corrected chi connectivity index (χ2v) is 8.32. The first-order valence-corrected chi connectivity index (χ1v) is 11.8. The van der Waals surface area contributed by atoms with Crippen LogP contribution in [0.2, 0.25) is 0 Å². The minimum Gasteiger partial charge on any atom is -0.425 e. The second kappa shape index (κ2) is 12.2. The molecule has 1 amide bonds. The summed E-state index contributed by atoms with van der Waals surface area (Å²) in [6, 6.07) is 27.8. The van der Waals surface area contributed by atoms with Crippen LogP contribution < -0.4 is 15.0 Å². The first kappa shape index (κ1) is 23.8. The van der Waals surface area contributed by atoms with E-state index >= 15 is 0 Å². The highest BCUT2D eigenvalue weighted by Crippen LogP contribution is 2.21. The summed E-state index contributed by atoms with van der Waals surface area (Å²) in [4.78, 5) is 20.4. The lowest BCUT2D eigenvalue weighted by Gasteiger charge is -2.36. The van der Waals surface area contributed by atoms with E-state index in [1.54, 1.807) is 0 Å². The van der Waals surface area contributed by atoms with Crippen molar-refractivity contribution >= 4 is 23.3 Å². The topological polar surface area (TPSA) is 81.0 Å². The van der Waals surface area contributed by atoms with E-state index in [9.17, 15) is 4.79 Å². The van der Waals surface area contributed by atoms with Crippen LogP contribution in [-0.2, 0) is 11.2 Å². The van der Waals surface area contributed by atoms with Crippen molar-refractivity contribution in [2.75, 3.05) is 36.4 Å². The molecule has 1 saturated heterocycles. The molecule has 7 nitrogen and oxygen atoms in total. The third-order valence-corrected chi connectivity index (χ3v) is 5.88. The van der Waals surface area contributed by atoms with Crippen LogP contribution in [0.3, 0.4) is 0 Å². The Labute approximate surface area is 206 Å². The molecule has 1 fully saturated rings. The minimum absolute atomic E-state index is 0.0324. The average molecular weight is 468 g/mol. The number of aryl methyl sites for hydroxylation is 1. The first-order chi connectivity index (χ1) is 17.2. The van der Waals surface area contributed by atoms with Crippen molar-refractivity contribution < 1.29 is 9.53 Å². The number of hydrogen-bond donors (Lipinski definition) is 1. The number of hydrogen-bond acceptors (Lipinski definition) is 5.